The summed E-state index contributed by atoms with van der Waals surface area (Å²) in [5.41, 5.74) is 2.35. The third-order valence-corrected chi connectivity index (χ3v) is 4.85. The first kappa shape index (κ1) is 16.2. The molecule has 0 radical (unpaired) electrons. The third kappa shape index (κ3) is 3.30. The molecule has 0 saturated heterocycles. The molecule has 0 aliphatic rings. The minimum absolute atomic E-state index is 0.158. The van der Waals surface area contributed by atoms with Gasteiger partial charge in [0.2, 0.25) is 11.7 Å². The van der Waals surface area contributed by atoms with Crippen LogP contribution >= 0.6 is 0 Å². The fourth-order valence-corrected chi connectivity index (χ4v) is 3.47. The summed E-state index contributed by atoms with van der Waals surface area (Å²) in [6, 6.07) is 11.6. The molecule has 0 fully saturated rings. The van der Waals surface area contributed by atoms with Crippen LogP contribution in [0.3, 0.4) is 0 Å². The molecule has 3 aromatic rings. The molecule has 0 aliphatic carbocycles. The van der Waals surface area contributed by atoms with E-state index in [1.807, 2.05) is 6.92 Å². The summed E-state index contributed by atoms with van der Waals surface area (Å²) >= 11 is 0. The van der Waals surface area contributed by atoms with E-state index in [1.54, 1.807) is 56.3 Å². The van der Waals surface area contributed by atoms with Crippen molar-refractivity contribution in [3.63, 3.8) is 0 Å². The molecule has 1 aromatic heterocycles. The van der Waals surface area contributed by atoms with Crippen LogP contribution in [0.2, 0.25) is 0 Å². The van der Waals surface area contributed by atoms with Gasteiger partial charge in [0, 0.05) is 12.5 Å². The van der Waals surface area contributed by atoms with Crippen LogP contribution < -0.4 is 4.18 Å². The van der Waals surface area contributed by atoms with Crippen LogP contribution in [0, 0.1) is 20.8 Å². The van der Waals surface area contributed by atoms with E-state index in [4.69, 9.17) is 8.71 Å². The second-order valence-corrected chi connectivity index (χ2v) is 6.98. The molecule has 124 valence electrons. The number of hydrogen-bond donors (Lipinski definition) is 0. The molecule has 24 heavy (non-hydrogen) atoms. The molecule has 0 aliphatic heterocycles. The summed E-state index contributed by atoms with van der Waals surface area (Å²) in [4.78, 5) is 4.27. The van der Waals surface area contributed by atoms with Crippen molar-refractivity contribution < 1.29 is 17.1 Å². The van der Waals surface area contributed by atoms with Crippen molar-refractivity contribution in [3.05, 3.63) is 59.5 Å². The van der Waals surface area contributed by atoms with Gasteiger partial charge in [0.1, 0.15) is 10.6 Å². The first-order valence-electron chi connectivity index (χ1n) is 7.28. The zero-order valence-corrected chi connectivity index (χ0v) is 14.3. The van der Waals surface area contributed by atoms with E-state index in [9.17, 15) is 8.42 Å². The maximum Gasteiger partial charge on any atom is 0.339 e. The summed E-state index contributed by atoms with van der Waals surface area (Å²) in [6.45, 7) is 5.35. The van der Waals surface area contributed by atoms with E-state index < -0.39 is 10.1 Å². The van der Waals surface area contributed by atoms with Crippen LogP contribution in [0.1, 0.15) is 17.0 Å². The predicted molar refractivity (Wildman–Crippen MR) is 88.2 cm³/mol. The van der Waals surface area contributed by atoms with Crippen LogP contribution in [0.4, 0.5) is 0 Å². The zero-order chi connectivity index (χ0) is 17.3. The van der Waals surface area contributed by atoms with E-state index >= 15 is 0 Å². The highest BCUT2D eigenvalue weighted by Gasteiger charge is 2.19. The molecular formula is C17H16N2O4S. The quantitative estimate of drug-likeness (QED) is 0.674. The lowest BCUT2D eigenvalue weighted by Crippen LogP contribution is -2.11. The second-order valence-electron chi connectivity index (χ2n) is 5.47. The molecule has 0 bridgehead atoms. The molecule has 0 saturated carbocycles. The van der Waals surface area contributed by atoms with Crippen LogP contribution in [0.15, 0.2) is 51.9 Å². The van der Waals surface area contributed by atoms with Gasteiger partial charge >= 0.3 is 10.1 Å². The van der Waals surface area contributed by atoms with Gasteiger partial charge in [0.05, 0.1) is 0 Å². The molecule has 6 nitrogen and oxygen atoms in total. The normalized spacial score (nSPS) is 11.5. The Morgan fingerprint density at radius 1 is 1.00 bits per heavy atom. The minimum atomic E-state index is -3.88. The zero-order valence-electron chi connectivity index (χ0n) is 13.5. The van der Waals surface area contributed by atoms with Crippen molar-refractivity contribution in [1.82, 2.24) is 10.1 Å². The molecule has 0 amide bonds. The third-order valence-electron chi connectivity index (χ3n) is 3.45. The lowest BCUT2D eigenvalue weighted by Gasteiger charge is -2.10. The largest absolute Gasteiger partial charge is 0.379 e. The van der Waals surface area contributed by atoms with Gasteiger partial charge in [-0.05, 0) is 49.7 Å². The van der Waals surface area contributed by atoms with Crippen molar-refractivity contribution in [1.29, 1.82) is 0 Å². The Balaban J connectivity index is 1.85. The lowest BCUT2D eigenvalue weighted by atomic mass is 10.2. The lowest BCUT2D eigenvalue weighted by molar-refractivity contribution is 0.394. The molecule has 0 atom stereocenters. The Morgan fingerprint density at radius 3 is 2.29 bits per heavy atom. The van der Waals surface area contributed by atoms with Gasteiger partial charge in [-0.1, -0.05) is 22.9 Å². The standard InChI is InChI=1S/C17H16N2O4S/c1-11-4-9-16(12(2)10-11)24(20,21)23-15-7-5-14(6-8-15)17-18-13(3)22-19-17/h4-10H,1-3H3. The van der Waals surface area contributed by atoms with Gasteiger partial charge in [-0.15, -0.1) is 0 Å². The maximum atomic E-state index is 12.4. The number of aryl methyl sites for hydroxylation is 3. The average molecular weight is 344 g/mol. The van der Waals surface area contributed by atoms with Crippen molar-refractivity contribution in [2.75, 3.05) is 0 Å². The summed E-state index contributed by atoms with van der Waals surface area (Å²) in [5.74, 6) is 1.12. The second kappa shape index (κ2) is 6.09. The smallest absolute Gasteiger partial charge is 0.339 e. The number of aromatic nitrogens is 2. The van der Waals surface area contributed by atoms with Gasteiger partial charge in [-0.25, -0.2) is 0 Å². The van der Waals surface area contributed by atoms with E-state index in [2.05, 4.69) is 10.1 Å². The summed E-state index contributed by atoms with van der Waals surface area (Å²) in [5, 5.41) is 3.81. The molecule has 1 heterocycles. The number of hydrogen-bond acceptors (Lipinski definition) is 6. The Labute approximate surface area is 140 Å². The highest BCUT2D eigenvalue weighted by molar-refractivity contribution is 7.87. The molecule has 0 spiro atoms. The van der Waals surface area contributed by atoms with Gasteiger partial charge in [-0.2, -0.15) is 13.4 Å². The number of rotatable bonds is 4. The minimum Gasteiger partial charge on any atom is -0.379 e. The Kier molecular flexibility index (Phi) is 4.11. The highest BCUT2D eigenvalue weighted by atomic mass is 32.2. The fraction of sp³-hybridized carbons (Fsp3) is 0.176. The van der Waals surface area contributed by atoms with Crippen LogP contribution in [-0.4, -0.2) is 18.6 Å². The highest BCUT2D eigenvalue weighted by Crippen LogP contribution is 2.24. The van der Waals surface area contributed by atoms with Crippen molar-refractivity contribution >= 4 is 10.1 Å². The molecular weight excluding hydrogens is 328 g/mol. The molecule has 0 unspecified atom stereocenters. The fourth-order valence-electron chi connectivity index (χ4n) is 2.33. The molecule has 0 N–H and O–H groups in total. The maximum absolute atomic E-state index is 12.4. The van der Waals surface area contributed by atoms with E-state index in [-0.39, 0.29) is 10.6 Å². The average Bonchev–Trinajstić information content (AvgIpc) is 2.93. The van der Waals surface area contributed by atoms with Crippen molar-refractivity contribution in [2.24, 2.45) is 0 Å². The molecule has 2 aromatic carbocycles. The van der Waals surface area contributed by atoms with E-state index in [1.165, 1.54) is 0 Å². The molecule has 7 heteroatoms. The first-order chi connectivity index (χ1) is 11.3. The van der Waals surface area contributed by atoms with Crippen LogP contribution in [0.25, 0.3) is 11.4 Å². The SMILES string of the molecule is Cc1ccc(S(=O)(=O)Oc2ccc(-c3noc(C)n3)cc2)c(C)c1. The monoisotopic (exact) mass is 344 g/mol. The number of nitrogens with zero attached hydrogens (tertiary/aromatic N) is 2. The van der Waals surface area contributed by atoms with Crippen LogP contribution in [0.5, 0.6) is 5.75 Å². The Hall–Kier alpha value is -2.67. The predicted octanol–water partition coefficient (Wildman–Crippen LogP) is 3.43. The topological polar surface area (TPSA) is 82.3 Å². The van der Waals surface area contributed by atoms with Crippen molar-refractivity contribution in [2.45, 2.75) is 25.7 Å². The van der Waals surface area contributed by atoms with Gasteiger partial charge < -0.3 is 8.71 Å². The summed E-state index contributed by atoms with van der Waals surface area (Å²) in [6.07, 6.45) is 0. The Morgan fingerprint density at radius 2 is 1.71 bits per heavy atom. The van der Waals surface area contributed by atoms with Gasteiger partial charge in [0.25, 0.3) is 0 Å². The van der Waals surface area contributed by atoms with E-state index in [0.29, 0.717) is 22.8 Å². The first-order valence-corrected chi connectivity index (χ1v) is 8.68. The Bertz CT molecular complexity index is 976. The number of benzene rings is 2. The van der Waals surface area contributed by atoms with Gasteiger partial charge in [0.15, 0.2) is 0 Å². The van der Waals surface area contributed by atoms with Gasteiger partial charge in [-0.3, -0.25) is 0 Å². The summed E-state index contributed by atoms with van der Waals surface area (Å²) < 4.78 is 35.0. The summed E-state index contributed by atoms with van der Waals surface area (Å²) in [7, 11) is -3.88. The van der Waals surface area contributed by atoms with E-state index in [0.717, 1.165) is 5.56 Å². The van der Waals surface area contributed by atoms with Crippen LogP contribution in [-0.2, 0) is 10.1 Å². The van der Waals surface area contributed by atoms with Crippen molar-refractivity contribution in [3.8, 4) is 17.1 Å². The molecule has 3 rings (SSSR count).